The van der Waals surface area contributed by atoms with E-state index < -0.39 is 6.10 Å². The van der Waals surface area contributed by atoms with Crippen LogP contribution >= 0.6 is 11.8 Å². The molecule has 1 unspecified atom stereocenters. The Morgan fingerprint density at radius 2 is 1.83 bits per heavy atom. The first-order chi connectivity index (χ1) is 8.76. The van der Waals surface area contributed by atoms with Gasteiger partial charge in [-0.25, -0.2) is 4.98 Å². The average molecular weight is 262 g/mol. The first kappa shape index (κ1) is 12.9. The second-order valence-electron chi connectivity index (χ2n) is 3.63. The van der Waals surface area contributed by atoms with Gasteiger partial charge in [0.05, 0.1) is 7.11 Å². The lowest BCUT2D eigenvalue weighted by Crippen LogP contribution is -2.06. The summed E-state index contributed by atoms with van der Waals surface area (Å²) in [5.41, 5.74) is 1.20. The molecule has 0 bridgehead atoms. The molecule has 0 radical (unpaired) electrons. The lowest BCUT2D eigenvalue weighted by Gasteiger charge is -2.13. The Hall–Kier alpha value is -1.59. The van der Waals surface area contributed by atoms with Gasteiger partial charge >= 0.3 is 0 Å². The number of aliphatic hydroxyl groups excluding tert-OH is 1. The fourth-order valence-electron chi connectivity index (χ4n) is 1.62. The maximum Gasteiger partial charge on any atom is 0.238 e. The van der Waals surface area contributed by atoms with Crippen LogP contribution in [0.1, 0.15) is 17.4 Å². The van der Waals surface area contributed by atoms with Crippen LogP contribution in [0.3, 0.4) is 0 Å². The number of benzene rings is 1. The van der Waals surface area contributed by atoms with E-state index >= 15 is 0 Å². The monoisotopic (exact) mass is 262 g/mol. The zero-order chi connectivity index (χ0) is 13.0. The molecular formula is C13H14N2O2S. The Morgan fingerprint density at radius 3 is 2.44 bits per heavy atom. The highest BCUT2D eigenvalue weighted by molar-refractivity contribution is 7.98. The van der Waals surface area contributed by atoms with Crippen molar-refractivity contribution in [1.82, 2.24) is 9.97 Å². The third kappa shape index (κ3) is 2.63. The Labute approximate surface area is 110 Å². The van der Waals surface area contributed by atoms with Crippen LogP contribution in [0.2, 0.25) is 0 Å². The molecule has 2 rings (SSSR count). The Kier molecular flexibility index (Phi) is 4.17. The highest BCUT2D eigenvalue weighted by Gasteiger charge is 2.17. The van der Waals surface area contributed by atoms with Gasteiger partial charge in [0.25, 0.3) is 0 Å². The number of aliphatic hydroxyl groups is 1. The fraction of sp³-hybridized carbons (Fsp3) is 0.231. The van der Waals surface area contributed by atoms with Crippen molar-refractivity contribution in [3.05, 3.63) is 47.9 Å². The van der Waals surface area contributed by atoms with Crippen LogP contribution in [0, 0.1) is 0 Å². The van der Waals surface area contributed by atoms with E-state index in [1.165, 1.54) is 19.5 Å². The lowest BCUT2D eigenvalue weighted by atomic mass is 10.1. The van der Waals surface area contributed by atoms with E-state index in [2.05, 4.69) is 9.97 Å². The molecule has 0 saturated heterocycles. The third-order valence-corrected chi connectivity index (χ3v) is 3.32. The van der Waals surface area contributed by atoms with Crippen LogP contribution in [-0.4, -0.2) is 28.4 Å². The number of hydrogen-bond acceptors (Lipinski definition) is 5. The van der Waals surface area contributed by atoms with E-state index in [4.69, 9.17) is 4.74 Å². The number of nitrogens with zero attached hydrogens (tertiary/aromatic N) is 2. The molecule has 0 aliphatic heterocycles. The van der Waals surface area contributed by atoms with E-state index in [-0.39, 0.29) is 0 Å². The summed E-state index contributed by atoms with van der Waals surface area (Å²) in [7, 11) is 1.51. The highest BCUT2D eigenvalue weighted by atomic mass is 32.2. The van der Waals surface area contributed by atoms with Gasteiger partial charge in [0, 0.05) is 17.3 Å². The van der Waals surface area contributed by atoms with Crippen molar-refractivity contribution in [2.75, 3.05) is 13.4 Å². The second-order valence-corrected chi connectivity index (χ2v) is 4.51. The van der Waals surface area contributed by atoms with Gasteiger partial charge in [-0.05, 0) is 24.0 Å². The predicted molar refractivity (Wildman–Crippen MR) is 70.9 cm³/mol. The second kappa shape index (κ2) is 5.84. The van der Waals surface area contributed by atoms with Crippen molar-refractivity contribution in [1.29, 1.82) is 0 Å². The molecule has 0 spiro atoms. The van der Waals surface area contributed by atoms with Gasteiger partial charge in [-0.1, -0.05) is 12.1 Å². The minimum Gasteiger partial charge on any atom is -0.480 e. The Balaban J connectivity index is 2.31. The van der Waals surface area contributed by atoms with Crippen molar-refractivity contribution >= 4 is 11.8 Å². The molecule has 0 aliphatic carbocycles. The van der Waals surface area contributed by atoms with Crippen LogP contribution in [0.5, 0.6) is 5.88 Å². The maximum absolute atomic E-state index is 10.3. The van der Waals surface area contributed by atoms with Gasteiger partial charge in [-0.15, -0.1) is 11.8 Å². The van der Waals surface area contributed by atoms with Gasteiger partial charge in [0.15, 0.2) is 0 Å². The molecule has 2 aromatic rings. The number of ether oxygens (including phenoxy) is 1. The van der Waals surface area contributed by atoms with Crippen LogP contribution in [0.4, 0.5) is 0 Å². The molecule has 1 N–H and O–H groups in total. The lowest BCUT2D eigenvalue weighted by molar-refractivity contribution is 0.207. The van der Waals surface area contributed by atoms with Crippen LogP contribution < -0.4 is 4.74 Å². The molecular weight excluding hydrogens is 248 g/mol. The van der Waals surface area contributed by atoms with Gasteiger partial charge in [0.1, 0.15) is 11.8 Å². The zero-order valence-corrected chi connectivity index (χ0v) is 11.0. The molecule has 1 atom stereocenters. The Morgan fingerprint density at radius 1 is 1.17 bits per heavy atom. The minimum atomic E-state index is -0.829. The summed E-state index contributed by atoms with van der Waals surface area (Å²) in [6.07, 6.45) is 4.25. The molecule has 1 heterocycles. The summed E-state index contributed by atoms with van der Waals surface area (Å²) in [6, 6.07) is 7.69. The van der Waals surface area contributed by atoms with E-state index in [0.29, 0.717) is 11.6 Å². The molecule has 1 aromatic heterocycles. The van der Waals surface area contributed by atoms with E-state index in [1.807, 2.05) is 30.5 Å². The van der Waals surface area contributed by atoms with Gasteiger partial charge < -0.3 is 9.84 Å². The number of methoxy groups -OCH3 is 1. The van der Waals surface area contributed by atoms with Gasteiger partial charge in [-0.2, -0.15) is 0 Å². The molecule has 5 heteroatoms. The van der Waals surface area contributed by atoms with E-state index in [9.17, 15) is 5.11 Å². The largest absolute Gasteiger partial charge is 0.480 e. The molecule has 0 saturated carbocycles. The van der Waals surface area contributed by atoms with Crippen molar-refractivity contribution in [3.8, 4) is 5.88 Å². The summed E-state index contributed by atoms with van der Waals surface area (Å²) in [5, 5.41) is 10.3. The van der Waals surface area contributed by atoms with E-state index in [1.54, 1.807) is 11.8 Å². The van der Waals surface area contributed by atoms with Crippen molar-refractivity contribution in [2.45, 2.75) is 11.0 Å². The first-order valence-corrected chi connectivity index (χ1v) is 6.65. The van der Waals surface area contributed by atoms with Crippen molar-refractivity contribution in [3.63, 3.8) is 0 Å². The average Bonchev–Trinajstić information content (AvgIpc) is 2.46. The fourth-order valence-corrected chi connectivity index (χ4v) is 2.03. The minimum absolute atomic E-state index is 0.346. The standard InChI is InChI=1S/C13H14N2O2S/c1-17-13-11(14-7-8-15-13)12(16)9-3-5-10(18-2)6-4-9/h3-8,12,16H,1-2H3. The molecule has 0 aliphatic rings. The number of rotatable bonds is 4. The number of aromatic nitrogens is 2. The summed E-state index contributed by atoms with van der Waals surface area (Å²) in [5.74, 6) is 0.346. The molecule has 18 heavy (non-hydrogen) atoms. The normalized spacial score (nSPS) is 12.2. The topological polar surface area (TPSA) is 55.2 Å². The van der Waals surface area contributed by atoms with Crippen LogP contribution in [0.15, 0.2) is 41.6 Å². The van der Waals surface area contributed by atoms with Crippen LogP contribution in [0.25, 0.3) is 0 Å². The third-order valence-electron chi connectivity index (χ3n) is 2.58. The van der Waals surface area contributed by atoms with Crippen LogP contribution in [-0.2, 0) is 0 Å². The summed E-state index contributed by atoms with van der Waals surface area (Å²) in [4.78, 5) is 9.30. The zero-order valence-electron chi connectivity index (χ0n) is 10.2. The van der Waals surface area contributed by atoms with E-state index in [0.717, 1.165) is 10.5 Å². The van der Waals surface area contributed by atoms with Crippen molar-refractivity contribution < 1.29 is 9.84 Å². The SMILES string of the molecule is COc1nccnc1C(O)c1ccc(SC)cc1. The van der Waals surface area contributed by atoms with Gasteiger partial charge in [-0.3, -0.25) is 4.98 Å². The quantitative estimate of drug-likeness (QED) is 0.857. The number of hydrogen-bond donors (Lipinski definition) is 1. The number of thioether (sulfide) groups is 1. The molecule has 94 valence electrons. The molecule has 0 amide bonds. The Bertz CT molecular complexity index is 517. The first-order valence-electron chi connectivity index (χ1n) is 5.43. The van der Waals surface area contributed by atoms with Crippen molar-refractivity contribution in [2.24, 2.45) is 0 Å². The predicted octanol–water partition coefficient (Wildman–Crippen LogP) is 2.29. The summed E-state index contributed by atoms with van der Waals surface area (Å²) < 4.78 is 5.10. The molecule has 4 nitrogen and oxygen atoms in total. The molecule has 0 fully saturated rings. The maximum atomic E-state index is 10.3. The molecule has 1 aromatic carbocycles. The summed E-state index contributed by atoms with van der Waals surface area (Å²) >= 11 is 1.66. The smallest absolute Gasteiger partial charge is 0.238 e. The highest BCUT2D eigenvalue weighted by Crippen LogP contribution is 2.27. The summed E-state index contributed by atoms with van der Waals surface area (Å²) in [6.45, 7) is 0. The van der Waals surface area contributed by atoms with Gasteiger partial charge in [0.2, 0.25) is 5.88 Å².